The van der Waals surface area contributed by atoms with Crippen molar-refractivity contribution in [2.75, 3.05) is 13.6 Å². The summed E-state index contributed by atoms with van der Waals surface area (Å²) in [6, 6.07) is 5.75. The second-order valence-corrected chi connectivity index (χ2v) is 4.54. The van der Waals surface area contributed by atoms with Crippen LogP contribution in [-0.2, 0) is 6.54 Å². The fourth-order valence-electron chi connectivity index (χ4n) is 1.20. The Hall–Kier alpha value is -1.18. The number of nitrogens with one attached hydrogen (secondary N) is 2. The Balaban J connectivity index is 2.58. The molecule has 0 saturated heterocycles. The normalized spacial score (nSPS) is 10.8. The van der Waals surface area contributed by atoms with Crippen LogP contribution >= 0.6 is 27.5 Å². The van der Waals surface area contributed by atoms with Gasteiger partial charge in [0.05, 0.1) is 6.54 Å². The smallest absolute Gasteiger partial charge is 0.192 e. The SMILES string of the molecule is C#CCNC(=NC)NCc1ccc(Br)cc1Cl. The van der Waals surface area contributed by atoms with E-state index in [0.29, 0.717) is 24.1 Å². The molecule has 17 heavy (non-hydrogen) atoms. The van der Waals surface area contributed by atoms with E-state index in [1.54, 1.807) is 7.05 Å². The molecule has 0 atom stereocenters. The molecule has 0 spiro atoms. The highest BCUT2D eigenvalue weighted by Crippen LogP contribution is 2.20. The van der Waals surface area contributed by atoms with Crippen LogP contribution in [0.4, 0.5) is 0 Å². The van der Waals surface area contributed by atoms with Crippen molar-refractivity contribution < 1.29 is 0 Å². The first kappa shape index (κ1) is 13.9. The minimum absolute atomic E-state index is 0.438. The van der Waals surface area contributed by atoms with Crippen molar-refractivity contribution in [2.45, 2.75) is 6.54 Å². The second-order valence-electron chi connectivity index (χ2n) is 3.22. The van der Waals surface area contributed by atoms with Crippen molar-refractivity contribution in [2.24, 2.45) is 4.99 Å². The highest BCUT2D eigenvalue weighted by atomic mass is 79.9. The first-order valence-corrected chi connectivity index (χ1v) is 6.16. The quantitative estimate of drug-likeness (QED) is 0.511. The van der Waals surface area contributed by atoms with Gasteiger partial charge < -0.3 is 10.6 Å². The molecule has 0 amide bonds. The largest absolute Gasteiger partial charge is 0.352 e. The van der Waals surface area contributed by atoms with E-state index in [-0.39, 0.29) is 0 Å². The van der Waals surface area contributed by atoms with E-state index in [1.807, 2.05) is 18.2 Å². The number of benzene rings is 1. The molecule has 0 aliphatic heterocycles. The molecular formula is C12H13BrClN3. The minimum atomic E-state index is 0.438. The molecule has 1 aromatic rings. The molecule has 5 heteroatoms. The molecular weight excluding hydrogens is 302 g/mol. The third kappa shape index (κ3) is 4.68. The van der Waals surface area contributed by atoms with Crippen LogP contribution in [0.1, 0.15) is 5.56 Å². The Morgan fingerprint density at radius 2 is 2.29 bits per heavy atom. The van der Waals surface area contributed by atoms with Crippen LogP contribution in [0.25, 0.3) is 0 Å². The summed E-state index contributed by atoms with van der Waals surface area (Å²) in [5, 5.41) is 6.80. The summed E-state index contributed by atoms with van der Waals surface area (Å²) >= 11 is 9.46. The molecule has 0 heterocycles. The van der Waals surface area contributed by atoms with Gasteiger partial charge in [0.25, 0.3) is 0 Å². The second kappa shape index (κ2) is 7.21. The Labute approximate surface area is 115 Å². The van der Waals surface area contributed by atoms with Crippen LogP contribution in [0, 0.1) is 12.3 Å². The van der Waals surface area contributed by atoms with Gasteiger partial charge in [-0.1, -0.05) is 39.5 Å². The molecule has 2 N–H and O–H groups in total. The van der Waals surface area contributed by atoms with Crippen molar-refractivity contribution in [1.82, 2.24) is 10.6 Å². The summed E-state index contributed by atoms with van der Waals surface area (Å²) < 4.78 is 0.959. The maximum absolute atomic E-state index is 6.10. The number of hydrogen-bond donors (Lipinski definition) is 2. The Kier molecular flexibility index (Phi) is 5.88. The summed E-state index contributed by atoms with van der Waals surface area (Å²) in [6.07, 6.45) is 5.16. The number of hydrogen-bond acceptors (Lipinski definition) is 1. The summed E-state index contributed by atoms with van der Waals surface area (Å²) in [7, 11) is 1.69. The molecule has 0 fully saturated rings. The molecule has 3 nitrogen and oxygen atoms in total. The van der Waals surface area contributed by atoms with Crippen molar-refractivity contribution >= 4 is 33.5 Å². The van der Waals surface area contributed by atoms with Crippen LogP contribution in [-0.4, -0.2) is 19.6 Å². The van der Waals surface area contributed by atoms with E-state index in [2.05, 4.69) is 37.5 Å². The summed E-state index contributed by atoms with van der Waals surface area (Å²) in [4.78, 5) is 4.03. The fourth-order valence-corrected chi connectivity index (χ4v) is 1.94. The molecule has 1 rings (SSSR count). The first-order valence-electron chi connectivity index (χ1n) is 4.99. The molecule has 0 aromatic heterocycles. The van der Waals surface area contributed by atoms with E-state index in [1.165, 1.54) is 0 Å². The zero-order valence-corrected chi connectivity index (χ0v) is 11.8. The lowest BCUT2D eigenvalue weighted by Crippen LogP contribution is -2.36. The van der Waals surface area contributed by atoms with Gasteiger partial charge in [0.15, 0.2) is 5.96 Å². The van der Waals surface area contributed by atoms with Crippen LogP contribution < -0.4 is 10.6 Å². The molecule has 0 unspecified atom stereocenters. The summed E-state index contributed by atoms with van der Waals surface area (Å²) in [5.41, 5.74) is 0.999. The Morgan fingerprint density at radius 3 is 2.88 bits per heavy atom. The number of rotatable bonds is 3. The van der Waals surface area contributed by atoms with E-state index >= 15 is 0 Å². The van der Waals surface area contributed by atoms with Crippen LogP contribution in [0.2, 0.25) is 5.02 Å². The van der Waals surface area contributed by atoms with Gasteiger partial charge in [0, 0.05) is 23.1 Å². The lowest BCUT2D eigenvalue weighted by atomic mass is 10.2. The van der Waals surface area contributed by atoms with E-state index in [4.69, 9.17) is 18.0 Å². The topological polar surface area (TPSA) is 36.4 Å². The zero-order chi connectivity index (χ0) is 12.7. The lowest BCUT2D eigenvalue weighted by Gasteiger charge is -2.11. The van der Waals surface area contributed by atoms with Crippen molar-refractivity contribution in [3.8, 4) is 12.3 Å². The van der Waals surface area contributed by atoms with Gasteiger partial charge in [-0.25, -0.2) is 0 Å². The van der Waals surface area contributed by atoms with Gasteiger partial charge in [0.2, 0.25) is 0 Å². The number of aliphatic imine (C=N–C) groups is 1. The molecule has 0 bridgehead atoms. The van der Waals surface area contributed by atoms with Crippen molar-refractivity contribution in [1.29, 1.82) is 0 Å². The third-order valence-electron chi connectivity index (χ3n) is 2.04. The highest BCUT2D eigenvalue weighted by molar-refractivity contribution is 9.10. The molecule has 90 valence electrons. The zero-order valence-electron chi connectivity index (χ0n) is 9.43. The van der Waals surface area contributed by atoms with Crippen molar-refractivity contribution in [3.05, 3.63) is 33.3 Å². The van der Waals surface area contributed by atoms with Crippen LogP contribution in [0.15, 0.2) is 27.7 Å². The fraction of sp³-hybridized carbons (Fsp3) is 0.250. The van der Waals surface area contributed by atoms with Gasteiger partial charge >= 0.3 is 0 Å². The number of terminal acetylenes is 1. The highest BCUT2D eigenvalue weighted by Gasteiger charge is 2.02. The molecule has 0 aliphatic rings. The number of nitrogens with zero attached hydrogens (tertiary/aromatic N) is 1. The summed E-state index contributed by atoms with van der Waals surface area (Å²) in [6.45, 7) is 1.03. The number of guanidine groups is 1. The van der Waals surface area contributed by atoms with Crippen molar-refractivity contribution in [3.63, 3.8) is 0 Å². The van der Waals surface area contributed by atoms with E-state index in [9.17, 15) is 0 Å². The average Bonchev–Trinajstić information content (AvgIpc) is 2.31. The number of halogens is 2. The van der Waals surface area contributed by atoms with Gasteiger partial charge in [-0.3, -0.25) is 4.99 Å². The molecule has 0 radical (unpaired) electrons. The third-order valence-corrected chi connectivity index (χ3v) is 2.89. The van der Waals surface area contributed by atoms with Gasteiger partial charge in [0.1, 0.15) is 0 Å². The minimum Gasteiger partial charge on any atom is -0.352 e. The first-order chi connectivity index (χ1) is 8.17. The van der Waals surface area contributed by atoms with E-state index in [0.717, 1.165) is 10.0 Å². The maximum atomic E-state index is 6.10. The van der Waals surface area contributed by atoms with Crippen LogP contribution in [0.3, 0.4) is 0 Å². The predicted octanol–water partition coefficient (Wildman–Crippen LogP) is 2.40. The molecule has 1 aromatic carbocycles. The molecule has 0 aliphatic carbocycles. The maximum Gasteiger partial charge on any atom is 0.192 e. The average molecular weight is 315 g/mol. The Morgan fingerprint density at radius 1 is 1.53 bits per heavy atom. The Bertz CT molecular complexity index is 452. The lowest BCUT2D eigenvalue weighted by molar-refractivity contribution is 0.851. The standard InChI is InChI=1S/C12H13BrClN3/c1-3-6-16-12(15-2)17-8-9-4-5-10(13)7-11(9)14/h1,4-5,7H,6,8H2,2H3,(H2,15,16,17). The monoisotopic (exact) mass is 313 g/mol. The van der Waals surface area contributed by atoms with E-state index < -0.39 is 0 Å². The predicted molar refractivity (Wildman–Crippen MR) is 76.2 cm³/mol. The van der Waals surface area contributed by atoms with Crippen LogP contribution in [0.5, 0.6) is 0 Å². The van der Waals surface area contributed by atoms with Gasteiger partial charge in [-0.15, -0.1) is 6.42 Å². The van der Waals surface area contributed by atoms with Gasteiger partial charge in [-0.05, 0) is 17.7 Å². The molecule has 0 saturated carbocycles. The summed E-state index contributed by atoms with van der Waals surface area (Å²) in [5.74, 6) is 3.14. The van der Waals surface area contributed by atoms with Gasteiger partial charge in [-0.2, -0.15) is 0 Å².